The van der Waals surface area contributed by atoms with Gasteiger partial charge in [-0.1, -0.05) is 25.4 Å². The van der Waals surface area contributed by atoms with Gasteiger partial charge in [0.1, 0.15) is 0 Å². The number of hydrogen-bond acceptors (Lipinski definition) is 4. The molecule has 0 spiro atoms. The van der Waals surface area contributed by atoms with E-state index in [1.54, 1.807) is 13.2 Å². The number of rotatable bonds is 8. The standard InChI is InChI=1S/C15H23ClN2O3/c1-10(2)7-18-14(19)9-21-15-12(16)5-11(8-17-3)6-13(15)20-4/h5-6,10,17H,7-9H2,1-4H3,(H,18,19). The van der Waals surface area contributed by atoms with Crippen LogP contribution in [0.2, 0.25) is 5.02 Å². The average Bonchev–Trinajstić information content (AvgIpc) is 2.43. The first-order chi connectivity index (χ1) is 9.97. The van der Waals surface area contributed by atoms with Crippen LogP contribution in [0.3, 0.4) is 0 Å². The Morgan fingerprint density at radius 2 is 2.10 bits per heavy atom. The lowest BCUT2D eigenvalue weighted by Crippen LogP contribution is -2.31. The fraction of sp³-hybridized carbons (Fsp3) is 0.533. The van der Waals surface area contributed by atoms with E-state index in [4.69, 9.17) is 21.1 Å². The van der Waals surface area contributed by atoms with Gasteiger partial charge < -0.3 is 20.1 Å². The van der Waals surface area contributed by atoms with Gasteiger partial charge in [-0.15, -0.1) is 0 Å². The molecule has 1 aromatic carbocycles. The zero-order valence-corrected chi connectivity index (χ0v) is 13.7. The van der Waals surface area contributed by atoms with Crippen molar-refractivity contribution in [3.63, 3.8) is 0 Å². The maximum Gasteiger partial charge on any atom is 0.257 e. The van der Waals surface area contributed by atoms with Crippen molar-refractivity contribution in [3.8, 4) is 11.5 Å². The van der Waals surface area contributed by atoms with Crippen LogP contribution < -0.4 is 20.1 Å². The second-order valence-electron chi connectivity index (χ2n) is 5.13. The number of benzene rings is 1. The van der Waals surface area contributed by atoms with Gasteiger partial charge in [0.15, 0.2) is 18.1 Å². The fourth-order valence-corrected chi connectivity index (χ4v) is 2.01. The first-order valence-corrected chi connectivity index (χ1v) is 7.26. The number of carbonyl (C=O) groups excluding carboxylic acids is 1. The third kappa shape index (κ3) is 5.81. The maximum atomic E-state index is 11.7. The molecule has 0 atom stereocenters. The molecule has 0 saturated heterocycles. The Morgan fingerprint density at radius 3 is 2.67 bits per heavy atom. The molecule has 1 rings (SSSR count). The molecule has 0 aliphatic carbocycles. The Bertz CT molecular complexity index is 478. The number of halogens is 1. The molecule has 2 N–H and O–H groups in total. The summed E-state index contributed by atoms with van der Waals surface area (Å²) in [6.07, 6.45) is 0. The second-order valence-corrected chi connectivity index (χ2v) is 5.53. The normalized spacial score (nSPS) is 10.6. The molecule has 1 amide bonds. The van der Waals surface area contributed by atoms with E-state index in [-0.39, 0.29) is 12.5 Å². The zero-order valence-electron chi connectivity index (χ0n) is 13.0. The number of hydrogen-bond donors (Lipinski definition) is 2. The largest absolute Gasteiger partial charge is 0.493 e. The van der Waals surface area contributed by atoms with Crippen LogP contribution in [-0.2, 0) is 11.3 Å². The Kier molecular flexibility index (Phi) is 7.32. The highest BCUT2D eigenvalue weighted by Gasteiger charge is 2.13. The summed E-state index contributed by atoms with van der Waals surface area (Å²) in [5.74, 6) is 1.12. The van der Waals surface area contributed by atoms with Gasteiger partial charge in [0.05, 0.1) is 12.1 Å². The van der Waals surface area contributed by atoms with E-state index >= 15 is 0 Å². The summed E-state index contributed by atoms with van der Waals surface area (Å²) in [4.78, 5) is 11.7. The highest BCUT2D eigenvalue weighted by atomic mass is 35.5. The number of nitrogens with one attached hydrogen (secondary N) is 2. The average molecular weight is 315 g/mol. The topological polar surface area (TPSA) is 59.6 Å². The number of methoxy groups -OCH3 is 1. The summed E-state index contributed by atoms with van der Waals surface area (Å²) < 4.78 is 10.8. The van der Waals surface area contributed by atoms with Gasteiger partial charge in [0.25, 0.3) is 5.91 Å². The van der Waals surface area contributed by atoms with Crippen molar-refractivity contribution in [1.82, 2.24) is 10.6 Å². The van der Waals surface area contributed by atoms with Crippen molar-refractivity contribution in [2.45, 2.75) is 20.4 Å². The van der Waals surface area contributed by atoms with E-state index in [0.29, 0.717) is 35.5 Å². The van der Waals surface area contributed by atoms with Gasteiger partial charge >= 0.3 is 0 Å². The molecule has 5 nitrogen and oxygen atoms in total. The Hall–Kier alpha value is -1.46. The van der Waals surface area contributed by atoms with Gasteiger partial charge in [-0.3, -0.25) is 4.79 Å². The van der Waals surface area contributed by atoms with Crippen molar-refractivity contribution in [1.29, 1.82) is 0 Å². The third-order valence-corrected chi connectivity index (χ3v) is 3.01. The van der Waals surface area contributed by atoms with Gasteiger partial charge in [-0.25, -0.2) is 0 Å². The molecular formula is C15H23ClN2O3. The van der Waals surface area contributed by atoms with Crippen LogP contribution in [0.1, 0.15) is 19.4 Å². The Labute approximate surface area is 131 Å². The fourth-order valence-electron chi connectivity index (χ4n) is 1.73. The highest BCUT2D eigenvalue weighted by Crippen LogP contribution is 2.36. The summed E-state index contributed by atoms with van der Waals surface area (Å²) in [5, 5.41) is 6.25. The summed E-state index contributed by atoms with van der Waals surface area (Å²) >= 11 is 6.20. The Balaban J connectivity index is 2.71. The summed E-state index contributed by atoms with van der Waals surface area (Å²) in [7, 11) is 3.39. The van der Waals surface area contributed by atoms with Gasteiger partial charge in [0, 0.05) is 13.1 Å². The SMILES string of the molecule is CNCc1cc(Cl)c(OCC(=O)NCC(C)C)c(OC)c1. The molecule has 21 heavy (non-hydrogen) atoms. The quantitative estimate of drug-likeness (QED) is 0.772. The van der Waals surface area contributed by atoms with Crippen LogP contribution in [0, 0.1) is 5.92 Å². The van der Waals surface area contributed by atoms with Crippen molar-refractivity contribution in [3.05, 3.63) is 22.7 Å². The molecule has 0 fully saturated rings. The first kappa shape index (κ1) is 17.6. The molecule has 0 saturated carbocycles. The molecule has 0 radical (unpaired) electrons. The van der Waals surface area contributed by atoms with Crippen LogP contribution in [0.5, 0.6) is 11.5 Å². The number of ether oxygens (including phenoxy) is 2. The van der Waals surface area contributed by atoms with E-state index in [1.807, 2.05) is 27.0 Å². The van der Waals surface area contributed by atoms with Crippen LogP contribution in [0.15, 0.2) is 12.1 Å². The summed E-state index contributed by atoms with van der Waals surface area (Å²) in [5.41, 5.74) is 0.982. The predicted octanol–water partition coefficient (Wildman–Crippen LogP) is 2.22. The van der Waals surface area contributed by atoms with E-state index in [2.05, 4.69) is 10.6 Å². The number of amides is 1. The van der Waals surface area contributed by atoms with Crippen LogP contribution in [0.4, 0.5) is 0 Å². The lowest BCUT2D eigenvalue weighted by molar-refractivity contribution is -0.123. The maximum absolute atomic E-state index is 11.7. The molecular weight excluding hydrogens is 292 g/mol. The van der Waals surface area contributed by atoms with Crippen LogP contribution in [0.25, 0.3) is 0 Å². The Morgan fingerprint density at radius 1 is 1.38 bits per heavy atom. The monoisotopic (exact) mass is 314 g/mol. The van der Waals surface area contributed by atoms with Crippen LogP contribution in [-0.4, -0.2) is 33.2 Å². The van der Waals surface area contributed by atoms with E-state index in [1.165, 1.54) is 0 Å². The van der Waals surface area contributed by atoms with Gasteiger partial charge in [-0.2, -0.15) is 0 Å². The lowest BCUT2D eigenvalue weighted by atomic mass is 10.2. The van der Waals surface area contributed by atoms with Crippen molar-refractivity contribution < 1.29 is 14.3 Å². The molecule has 6 heteroatoms. The van der Waals surface area contributed by atoms with Crippen LogP contribution >= 0.6 is 11.6 Å². The lowest BCUT2D eigenvalue weighted by Gasteiger charge is -2.14. The minimum atomic E-state index is -0.180. The molecule has 0 unspecified atom stereocenters. The minimum absolute atomic E-state index is 0.0891. The van der Waals surface area contributed by atoms with Crippen molar-refractivity contribution in [2.75, 3.05) is 27.3 Å². The number of carbonyl (C=O) groups is 1. The molecule has 0 bridgehead atoms. The second kappa shape index (κ2) is 8.74. The highest BCUT2D eigenvalue weighted by molar-refractivity contribution is 6.32. The van der Waals surface area contributed by atoms with E-state index < -0.39 is 0 Å². The van der Waals surface area contributed by atoms with E-state index in [0.717, 1.165) is 5.56 Å². The molecule has 0 heterocycles. The smallest absolute Gasteiger partial charge is 0.257 e. The molecule has 0 aliphatic heterocycles. The summed E-state index contributed by atoms with van der Waals surface area (Å²) in [6, 6.07) is 3.63. The van der Waals surface area contributed by atoms with Crippen molar-refractivity contribution >= 4 is 17.5 Å². The molecule has 0 aromatic heterocycles. The minimum Gasteiger partial charge on any atom is -0.493 e. The molecule has 1 aromatic rings. The predicted molar refractivity (Wildman–Crippen MR) is 84.1 cm³/mol. The van der Waals surface area contributed by atoms with E-state index in [9.17, 15) is 4.79 Å². The zero-order chi connectivity index (χ0) is 15.8. The summed E-state index contributed by atoms with van der Waals surface area (Å²) in [6.45, 7) is 5.26. The third-order valence-electron chi connectivity index (χ3n) is 2.73. The van der Waals surface area contributed by atoms with Gasteiger partial charge in [-0.05, 0) is 30.7 Å². The van der Waals surface area contributed by atoms with Crippen molar-refractivity contribution in [2.24, 2.45) is 5.92 Å². The molecule has 118 valence electrons. The first-order valence-electron chi connectivity index (χ1n) is 6.88. The molecule has 0 aliphatic rings. The van der Waals surface area contributed by atoms with Gasteiger partial charge in [0.2, 0.25) is 0 Å².